The molecule has 0 aliphatic carbocycles. The number of thiocarbonyl (C=S) groups is 1. The summed E-state index contributed by atoms with van der Waals surface area (Å²) in [6.45, 7) is 3.68. The number of fused-ring (bicyclic) bond motifs is 1. The summed E-state index contributed by atoms with van der Waals surface area (Å²) < 4.78 is 16.6. The zero-order chi connectivity index (χ0) is 16.1. The SMILES string of the molecule is CCOc1ccccc1NC(=S)Nc1ccc2c(c1)OCCO2. The van der Waals surface area contributed by atoms with Gasteiger partial charge in [-0.1, -0.05) is 12.1 Å². The molecule has 23 heavy (non-hydrogen) atoms. The summed E-state index contributed by atoms with van der Waals surface area (Å²) in [6, 6.07) is 13.3. The quantitative estimate of drug-likeness (QED) is 0.834. The number of nitrogens with one attached hydrogen (secondary N) is 2. The van der Waals surface area contributed by atoms with Crippen LogP contribution in [0.3, 0.4) is 0 Å². The first-order chi connectivity index (χ1) is 11.3. The lowest BCUT2D eigenvalue weighted by Crippen LogP contribution is -2.20. The Morgan fingerprint density at radius 3 is 2.70 bits per heavy atom. The van der Waals surface area contributed by atoms with E-state index in [0.717, 1.165) is 28.6 Å². The fourth-order valence-corrected chi connectivity index (χ4v) is 2.48. The van der Waals surface area contributed by atoms with E-state index in [4.69, 9.17) is 26.4 Å². The summed E-state index contributed by atoms with van der Waals surface area (Å²) in [4.78, 5) is 0. The molecule has 0 bridgehead atoms. The zero-order valence-corrected chi connectivity index (χ0v) is 13.6. The molecule has 5 nitrogen and oxygen atoms in total. The van der Waals surface area contributed by atoms with Gasteiger partial charge in [-0.3, -0.25) is 0 Å². The summed E-state index contributed by atoms with van der Waals surface area (Å²) in [5.74, 6) is 2.24. The van der Waals surface area contributed by atoms with E-state index in [1.807, 2.05) is 49.4 Å². The molecule has 0 spiro atoms. The Bertz CT molecular complexity index is 706. The Kier molecular flexibility index (Phi) is 4.83. The molecule has 0 amide bonds. The van der Waals surface area contributed by atoms with Crippen molar-refractivity contribution in [3.8, 4) is 17.2 Å². The van der Waals surface area contributed by atoms with Gasteiger partial charge in [0.25, 0.3) is 0 Å². The van der Waals surface area contributed by atoms with Crippen LogP contribution in [0.4, 0.5) is 11.4 Å². The van der Waals surface area contributed by atoms with E-state index in [1.165, 1.54) is 0 Å². The van der Waals surface area contributed by atoms with E-state index in [1.54, 1.807) is 0 Å². The molecule has 0 radical (unpaired) electrons. The average molecular weight is 330 g/mol. The molecular weight excluding hydrogens is 312 g/mol. The van der Waals surface area contributed by atoms with Crippen molar-refractivity contribution in [3.63, 3.8) is 0 Å². The van der Waals surface area contributed by atoms with Crippen LogP contribution in [0.2, 0.25) is 0 Å². The Labute approximate surface area is 140 Å². The van der Waals surface area contributed by atoms with Crippen LogP contribution < -0.4 is 24.8 Å². The molecule has 3 rings (SSSR count). The van der Waals surface area contributed by atoms with Crippen LogP contribution >= 0.6 is 12.2 Å². The highest BCUT2D eigenvalue weighted by atomic mass is 32.1. The van der Waals surface area contributed by atoms with E-state index in [9.17, 15) is 0 Å². The summed E-state index contributed by atoms with van der Waals surface area (Å²) in [6.07, 6.45) is 0. The van der Waals surface area contributed by atoms with Crippen LogP contribution in [-0.4, -0.2) is 24.9 Å². The summed E-state index contributed by atoms with van der Waals surface area (Å²) in [5.41, 5.74) is 1.66. The van der Waals surface area contributed by atoms with E-state index in [0.29, 0.717) is 24.9 Å². The van der Waals surface area contributed by atoms with Gasteiger partial charge in [0.2, 0.25) is 0 Å². The Hall–Kier alpha value is -2.47. The van der Waals surface area contributed by atoms with Crippen molar-refractivity contribution < 1.29 is 14.2 Å². The molecule has 0 fully saturated rings. The third kappa shape index (κ3) is 3.84. The van der Waals surface area contributed by atoms with Crippen LogP contribution in [-0.2, 0) is 0 Å². The van der Waals surface area contributed by atoms with Crippen molar-refractivity contribution >= 4 is 28.7 Å². The van der Waals surface area contributed by atoms with Gasteiger partial charge >= 0.3 is 0 Å². The van der Waals surface area contributed by atoms with Crippen molar-refractivity contribution in [2.45, 2.75) is 6.92 Å². The summed E-state index contributed by atoms with van der Waals surface area (Å²) in [7, 11) is 0. The molecule has 0 atom stereocenters. The molecule has 0 aromatic heterocycles. The molecule has 1 heterocycles. The van der Waals surface area contributed by atoms with Crippen LogP contribution in [0.25, 0.3) is 0 Å². The minimum absolute atomic E-state index is 0.480. The number of rotatable bonds is 4. The highest BCUT2D eigenvalue weighted by molar-refractivity contribution is 7.80. The number of hydrogen-bond donors (Lipinski definition) is 2. The maximum Gasteiger partial charge on any atom is 0.175 e. The molecule has 6 heteroatoms. The van der Waals surface area contributed by atoms with Crippen molar-refractivity contribution in [3.05, 3.63) is 42.5 Å². The molecule has 0 saturated heterocycles. The number of anilines is 2. The standard InChI is InChI=1S/C17H18N2O3S/c1-2-20-14-6-4-3-5-13(14)19-17(23)18-12-7-8-15-16(11-12)22-10-9-21-15/h3-8,11H,2,9-10H2,1H3,(H2,18,19,23). The molecule has 120 valence electrons. The summed E-state index contributed by atoms with van der Waals surface area (Å²) >= 11 is 5.37. The molecule has 2 N–H and O–H groups in total. The summed E-state index contributed by atoms with van der Waals surface area (Å²) in [5, 5.41) is 6.77. The van der Waals surface area contributed by atoms with E-state index >= 15 is 0 Å². The Balaban J connectivity index is 1.68. The van der Waals surface area contributed by atoms with Gasteiger partial charge in [0.1, 0.15) is 19.0 Å². The third-order valence-electron chi connectivity index (χ3n) is 3.24. The fraction of sp³-hybridized carbons (Fsp3) is 0.235. The lowest BCUT2D eigenvalue weighted by Gasteiger charge is -2.19. The van der Waals surface area contributed by atoms with Crippen molar-refractivity contribution in [2.24, 2.45) is 0 Å². The topological polar surface area (TPSA) is 51.8 Å². The first-order valence-electron chi connectivity index (χ1n) is 7.46. The Morgan fingerprint density at radius 2 is 1.87 bits per heavy atom. The fourth-order valence-electron chi connectivity index (χ4n) is 2.26. The third-order valence-corrected chi connectivity index (χ3v) is 3.44. The molecule has 0 unspecified atom stereocenters. The van der Waals surface area contributed by atoms with Crippen molar-refractivity contribution in [1.29, 1.82) is 0 Å². The average Bonchev–Trinajstić information content (AvgIpc) is 2.57. The van der Waals surface area contributed by atoms with Gasteiger partial charge in [0, 0.05) is 11.8 Å². The van der Waals surface area contributed by atoms with Gasteiger partial charge < -0.3 is 24.8 Å². The monoisotopic (exact) mass is 330 g/mol. The first-order valence-corrected chi connectivity index (χ1v) is 7.86. The lowest BCUT2D eigenvalue weighted by molar-refractivity contribution is 0.171. The highest BCUT2D eigenvalue weighted by Gasteiger charge is 2.12. The van der Waals surface area contributed by atoms with E-state index in [-0.39, 0.29) is 0 Å². The van der Waals surface area contributed by atoms with Crippen LogP contribution in [0, 0.1) is 0 Å². The van der Waals surface area contributed by atoms with Crippen molar-refractivity contribution in [1.82, 2.24) is 0 Å². The normalized spacial score (nSPS) is 12.4. The molecule has 2 aromatic rings. The van der Waals surface area contributed by atoms with Crippen LogP contribution in [0.1, 0.15) is 6.92 Å². The Morgan fingerprint density at radius 1 is 1.09 bits per heavy atom. The predicted octanol–water partition coefficient (Wildman–Crippen LogP) is 3.67. The second kappa shape index (κ2) is 7.19. The molecule has 1 aliphatic rings. The number of benzene rings is 2. The van der Waals surface area contributed by atoms with Gasteiger partial charge in [0.15, 0.2) is 16.6 Å². The van der Waals surface area contributed by atoms with Gasteiger partial charge in [-0.25, -0.2) is 0 Å². The second-order valence-corrected chi connectivity index (χ2v) is 5.27. The largest absolute Gasteiger partial charge is 0.492 e. The smallest absolute Gasteiger partial charge is 0.175 e. The number of ether oxygens (including phenoxy) is 3. The van der Waals surface area contributed by atoms with Gasteiger partial charge in [-0.2, -0.15) is 0 Å². The lowest BCUT2D eigenvalue weighted by atomic mass is 10.2. The number of para-hydroxylation sites is 2. The van der Waals surface area contributed by atoms with Crippen molar-refractivity contribution in [2.75, 3.05) is 30.5 Å². The van der Waals surface area contributed by atoms with Gasteiger partial charge in [-0.15, -0.1) is 0 Å². The molecule has 2 aromatic carbocycles. The second-order valence-electron chi connectivity index (χ2n) is 4.87. The minimum Gasteiger partial charge on any atom is -0.492 e. The minimum atomic E-state index is 0.480. The van der Waals surface area contributed by atoms with Crippen LogP contribution in [0.5, 0.6) is 17.2 Å². The molecular formula is C17H18N2O3S. The maximum absolute atomic E-state index is 5.58. The number of hydrogen-bond acceptors (Lipinski definition) is 4. The maximum atomic E-state index is 5.58. The van der Waals surface area contributed by atoms with E-state index < -0.39 is 0 Å². The molecule has 1 aliphatic heterocycles. The van der Waals surface area contributed by atoms with Gasteiger partial charge in [0.05, 0.1) is 12.3 Å². The first kappa shape index (κ1) is 15.4. The van der Waals surface area contributed by atoms with Gasteiger partial charge in [-0.05, 0) is 43.4 Å². The van der Waals surface area contributed by atoms with E-state index in [2.05, 4.69) is 10.6 Å². The highest BCUT2D eigenvalue weighted by Crippen LogP contribution is 2.32. The zero-order valence-electron chi connectivity index (χ0n) is 12.8. The van der Waals surface area contributed by atoms with Crippen LogP contribution in [0.15, 0.2) is 42.5 Å². The molecule has 0 saturated carbocycles. The predicted molar refractivity (Wildman–Crippen MR) is 94.9 cm³/mol.